The van der Waals surface area contributed by atoms with Gasteiger partial charge >= 0.3 is 0 Å². The van der Waals surface area contributed by atoms with Gasteiger partial charge in [-0.05, 0) is 92.4 Å². The summed E-state index contributed by atoms with van der Waals surface area (Å²) in [6.07, 6.45) is 0. The molecule has 254 valence electrons. The van der Waals surface area contributed by atoms with Gasteiger partial charge in [-0.2, -0.15) is 0 Å². The van der Waals surface area contributed by atoms with E-state index in [0.717, 1.165) is 44.5 Å². The van der Waals surface area contributed by atoms with Crippen molar-refractivity contribution >= 4 is 11.8 Å². The molecule has 0 atom stereocenters. The largest absolute Gasteiger partial charge is 0.507 e. The topological polar surface area (TPSA) is 98.7 Å². The van der Waals surface area contributed by atoms with Crippen LogP contribution in [0, 0.1) is 0 Å². The molecule has 4 N–H and O–H groups in total. The monoisotopic (exact) mass is 648 g/mol. The average molecular weight is 649 g/mol. The van der Waals surface area contributed by atoms with Crippen LogP contribution in [-0.4, -0.2) is 22.0 Å². The Bertz CT molecular complexity index is 1650. The van der Waals surface area contributed by atoms with Crippen LogP contribution in [0.5, 0.6) is 11.5 Å². The molecule has 4 aromatic rings. The van der Waals surface area contributed by atoms with Gasteiger partial charge in [0.2, 0.25) is 0 Å². The van der Waals surface area contributed by atoms with Gasteiger partial charge < -0.3 is 10.2 Å². The standard InChI is InChI=1S/C42H52N2O4/c1-39(2,3)31-21-29(22-32(35(31)45)40(4,5)6)25-15-13-17-27(19-25)37(47)43-44-38(48)28-18-14-16-26(20-28)30-23-33(41(7,8)9)36(46)34(24-30)42(10,11)12/h13-24,45-46H,1-12H3,(H,43,47)(H,44,48). The van der Waals surface area contributed by atoms with E-state index in [9.17, 15) is 19.8 Å². The van der Waals surface area contributed by atoms with Crippen LogP contribution in [0.4, 0.5) is 0 Å². The van der Waals surface area contributed by atoms with Gasteiger partial charge in [-0.3, -0.25) is 20.4 Å². The lowest BCUT2D eigenvalue weighted by Gasteiger charge is -2.28. The summed E-state index contributed by atoms with van der Waals surface area (Å²) in [5.74, 6) is -0.297. The summed E-state index contributed by atoms with van der Waals surface area (Å²) in [6.45, 7) is 24.8. The summed E-state index contributed by atoms with van der Waals surface area (Å²) in [6, 6.07) is 22.4. The molecule has 0 saturated carbocycles. The fraction of sp³-hybridized carbons (Fsp3) is 0.381. The van der Waals surface area contributed by atoms with Crippen molar-refractivity contribution in [3.8, 4) is 33.8 Å². The zero-order chi connectivity index (χ0) is 36.0. The van der Waals surface area contributed by atoms with Gasteiger partial charge in [-0.15, -0.1) is 0 Å². The van der Waals surface area contributed by atoms with Crippen LogP contribution >= 0.6 is 0 Å². The highest BCUT2D eigenvalue weighted by Crippen LogP contribution is 2.43. The minimum Gasteiger partial charge on any atom is -0.507 e. The Balaban J connectivity index is 1.59. The molecule has 4 rings (SSSR count). The third kappa shape index (κ3) is 7.92. The third-order valence-electron chi connectivity index (χ3n) is 8.66. The first-order chi connectivity index (χ1) is 22.0. The maximum absolute atomic E-state index is 13.3. The fourth-order valence-electron chi connectivity index (χ4n) is 5.83. The van der Waals surface area contributed by atoms with Crippen LogP contribution in [0.1, 0.15) is 126 Å². The number of nitrogens with one attached hydrogen (secondary N) is 2. The minimum atomic E-state index is -0.449. The lowest BCUT2D eigenvalue weighted by molar-refractivity contribution is 0.0847. The highest BCUT2D eigenvalue weighted by Gasteiger charge is 2.28. The van der Waals surface area contributed by atoms with E-state index in [2.05, 4.69) is 93.9 Å². The molecular weight excluding hydrogens is 596 g/mol. The molecule has 0 heterocycles. The van der Waals surface area contributed by atoms with Crippen LogP contribution in [0.3, 0.4) is 0 Å². The van der Waals surface area contributed by atoms with Crippen LogP contribution in [0.15, 0.2) is 72.8 Å². The predicted molar refractivity (Wildman–Crippen MR) is 197 cm³/mol. The summed E-state index contributed by atoms with van der Waals surface area (Å²) in [7, 11) is 0. The summed E-state index contributed by atoms with van der Waals surface area (Å²) in [5.41, 5.74) is 11.6. The van der Waals surface area contributed by atoms with Gasteiger partial charge in [0.15, 0.2) is 0 Å². The second-order valence-electron chi connectivity index (χ2n) is 16.9. The Hall–Kier alpha value is -4.58. The van der Waals surface area contributed by atoms with Gasteiger partial charge in [0.05, 0.1) is 0 Å². The fourth-order valence-corrected chi connectivity index (χ4v) is 5.83. The average Bonchev–Trinajstić information content (AvgIpc) is 2.97. The van der Waals surface area contributed by atoms with E-state index < -0.39 is 11.8 Å². The molecule has 0 radical (unpaired) electrons. The smallest absolute Gasteiger partial charge is 0.269 e. The second-order valence-corrected chi connectivity index (χ2v) is 16.9. The number of hydrogen-bond acceptors (Lipinski definition) is 4. The molecule has 0 saturated heterocycles. The number of hydrogen-bond donors (Lipinski definition) is 4. The third-order valence-corrected chi connectivity index (χ3v) is 8.66. The van der Waals surface area contributed by atoms with E-state index in [1.807, 2.05) is 48.5 Å². The van der Waals surface area contributed by atoms with Crippen LogP contribution in [0.2, 0.25) is 0 Å². The number of carbonyl (C=O) groups is 2. The lowest BCUT2D eigenvalue weighted by Crippen LogP contribution is -2.41. The van der Waals surface area contributed by atoms with E-state index in [1.54, 1.807) is 24.3 Å². The van der Waals surface area contributed by atoms with Gasteiger partial charge in [-0.1, -0.05) is 107 Å². The number of carbonyl (C=O) groups excluding carboxylic acids is 2. The molecule has 2 amide bonds. The van der Waals surface area contributed by atoms with Crippen molar-refractivity contribution in [1.82, 2.24) is 10.9 Å². The van der Waals surface area contributed by atoms with Crippen LogP contribution in [-0.2, 0) is 21.7 Å². The molecular formula is C42H52N2O4. The molecule has 0 aliphatic heterocycles. The number of amides is 2. The molecule has 4 aromatic carbocycles. The summed E-state index contributed by atoms with van der Waals surface area (Å²) < 4.78 is 0. The molecule has 0 aliphatic rings. The second kappa shape index (κ2) is 12.8. The van der Waals surface area contributed by atoms with E-state index >= 15 is 0 Å². The highest BCUT2D eigenvalue weighted by atomic mass is 16.3. The maximum Gasteiger partial charge on any atom is 0.269 e. The van der Waals surface area contributed by atoms with Crippen molar-refractivity contribution in [1.29, 1.82) is 0 Å². The Morgan fingerprint density at radius 3 is 0.958 bits per heavy atom. The van der Waals surface area contributed by atoms with Gasteiger partial charge in [0.1, 0.15) is 11.5 Å². The number of aromatic hydroxyl groups is 2. The quantitative estimate of drug-likeness (QED) is 0.166. The van der Waals surface area contributed by atoms with Crippen molar-refractivity contribution < 1.29 is 19.8 Å². The molecule has 0 spiro atoms. The van der Waals surface area contributed by atoms with E-state index in [4.69, 9.17) is 0 Å². The van der Waals surface area contributed by atoms with Crippen LogP contribution in [0.25, 0.3) is 22.3 Å². The zero-order valence-electron chi connectivity index (χ0n) is 30.6. The van der Waals surface area contributed by atoms with Crippen molar-refractivity contribution in [2.75, 3.05) is 0 Å². The first-order valence-corrected chi connectivity index (χ1v) is 16.6. The number of phenolic OH excluding ortho intramolecular Hbond substituents is 2. The van der Waals surface area contributed by atoms with E-state index in [1.165, 1.54) is 0 Å². The Kier molecular flexibility index (Phi) is 9.66. The van der Waals surface area contributed by atoms with Gasteiger partial charge in [-0.25, -0.2) is 0 Å². The first-order valence-electron chi connectivity index (χ1n) is 16.6. The molecule has 0 fully saturated rings. The normalized spacial score (nSPS) is 12.5. The van der Waals surface area contributed by atoms with Gasteiger partial charge in [0.25, 0.3) is 11.8 Å². The zero-order valence-corrected chi connectivity index (χ0v) is 30.6. The first kappa shape index (κ1) is 36.3. The lowest BCUT2D eigenvalue weighted by atomic mass is 9.77. The Labute approximate surface area is 286 Å². The molecule has 0 aliphatic carbocycles. The summed E-state index contributed by atoms with van der Waals surface area (Å²) in [4.78, 5) is 26.5. The Morgan fingerprint density at radius 1 is 0.438 bits per heavy atom. The van der Waals surface area contributed by atoms with Crippen molar-refractivity contribution in [3.63, 3.8) is 0 Å². The number of rotatable bonds is 4. The number of hydrazine groups is 1. The molecule has 0 aromatic heterocycles. The van der Waals surface area contributed by atoms with Gasteiger partial charge in [0, 0.05) is 33.4 Å². The highest BCUT2D eigenvalue weighted by molar-refractivity contribution is 6.00. The molecule has 6 nitrogen and oxygen atoms in total. The molecule has 0 bridgehead atoms. The van der Waals surface area contributed by atoms with Crippen LogP contribution < -0.4 is 10.9 Å². The van der Waals surface area contributed by atoms with Crippen molar-refractivity contribution in [3.05, 3.63) is 106 Å². The summed E-state index contributed by atoms with van der Waals surface area (Å²) in [5, 5.41) is 22.3. The van der Waals surface area contributed by atoms with Crippen molar-refractivity contribution in [2.24, 2.45) is 0 Å². The van der Waals surface area contributed by atoms with Crippen molar-refractivity contribution in [2.45, 2.75) is 105 Å². The number of benzene rings is 4. The molecule has 0 unspecified atom stereocenters. The number of phenols is 2. The Morgan fingerprint density at radius 2 is 0.708 bits per heavy atom. The molecule has 48 heavy (non-hydrogen) atoms. The SMILES string of the molecule is CC(C)(C)c1cc(-c2cccc(C(=O)NNC(=O)c3cccc(-c4cc(C(C)(C)C)c(O)c(C(C)(C)C)c4)c3)c2)cc(C(C)(C)C)c1O. The van der Waals surface area contributed by atoms with E-state index in [0.29, 0.717) is 22.6 Å². The predicted octanol–water partition coefficient (Wildman–Crippen LogP) is 9.70. The minimum absolute atomic E-state index is 0.289. The maximum atomic E-state index is 13.3. The van der Waals surface area contributed by atoms with E-state index in [-0.39, 0.29) is 21.7 Å². The molecule has 6 heteroatoms. The summed E-state index contributed by atoms with van der Waals surface area (Å²) >= 11 is 0.